The third-order valence-corrected chi connectivity index (χ3v) is 3.65. The average Bonchev–Trinajstić information content (AvgIpc) is 2.31. The third-order valence-electron chi connectivity index (χ3n) is 3.12. The first kappa shape index (κ1) is 13.3. The zero-order valence-electron chi connectivity index (χ0n) is 11.2. The quantitative estimate of drug-likeness (QED) is 0.711. The molecule has 1 aromatic carbocycles. The normalized spacial score (nSPS) is 18.7. The molecule has 0 amide bonds. The Bertz CT molecular complexity index is 519. The summed E-state index contributed by atoms with van der Waals surface area (Å²) in [5.41, 5.74) is 3.86. The first-order chi connectivity index (χ1) is 8.52. The van der Waals surface area contributed by atoms with Crippen LogP contribution in [0.3, 0.4) is 0 Å². The molecule has 0 saturated carbocycles. The highest BCUT2D eigenvalue weighted by Crippen LogP contribution is 2.28. The molecular weight excluding hydrogens is 286 g/mol. The van der Waals surface area contributed by atoms with Crippen LogP contribution in [0.15, 0.2) is 58.7 Å². The van der Waals surface area contributed by atoms with Gasteiger partial charge in [0.1, 0.15) is 12.7 Å². The van der Waals surface area contributed by atoms with E-state index in [0.717, 1.165) is 15.5 Å². The topological polar surface area (TPSA) is 0 Å². The van der Waals surface area contributed by atoms with Crippen LogP contribution in [0.25, 0.3) is 5.57 Å². The van der Waals surface area contributed by atoms with E-state index in [2.05, 4.69) is 85.6 Å². The Morgan fingerprint density at radius 3 is 2.44 bits per heavy atom. The molecule has 0 N–H and O–H groups in total. The van der Waals surface area contributed by atoms with Gasteiger partial charge in [-0.2, -0.15) is 0 Å². The van der Waals surface area contributed by atoms with E-state index in [1.54, 1.807) is 0 Å². The summed E-state index contributed by atoms with van der Waals surface area (Å²) in [5.74, 6) is 0. The standard InChI is InChI=1S/C16H19BrN/c1-4-16(13-7-9-15(17)10-8-13)14-6-5-11-18(2,3)12-14/h4-10,12H,11H2,1-3H3/q+1. The number of allylic oxidation sites excluding steroid dienone is 4. The molecule has 0 radical (unpaired) electrons. The lowest BCUT2D eigenvalue weighted by Crippen LogP contribution is -2.35. The van der Waals surface area contributed by atoms with Crippen molar-refractivity contribution in [3.63, 3.8) is 0 Å². The molecule has 0 aromatic heterocycles. The Kier molecular flexibility index (Phi) is 3.88. The van der Waals surface area contributed by atoms with Crippen molar-refractivity contribution in [2.24, 2.45) is 0 Å². The van der Waals surface area contributed by atoms with Gasteiger partial charge in [-0.25, -0.2) is 0 Å². The molecule has 2 rings (SSSR count). The number of rotatable bonds is 2. The van der Waals surface area contributed by atoms with Gasteiger partial charge in [0.05, 0.1) is 14.1 Å². The van der Waals surface area contributed by atoms with E-state index >= 15 is 0 Å². The Labute approximate surface area is 118 Å². The van der Waals surface area contributed by atoms with Crippen LogP contribution in [-0.2, 0) is 0 Å². The predicted molar refractivity (Wildman–Crippen MR) is 82.0 cm³/mol. The van der Waals surface area contributed by atoms with Crippen LogP contribution in [0.2, 0.25) is 0 Å². The molecule has 18 heavy (non-hydrogen) atoms. The molecule has 0 bridgehead atoms. The second-order valence-corrected chi connectivity index (χ2v) is 6.07. The number of halogens is 1. The van der Waals surface area contributed by atoms with E-state index < -0.39 is 0 Å². The fraction of sp³-hybridized carbons (Fsp3) is 0.250. The van der Waals surface area contributed by atoms with E-state index in [0.29, 0.717) is 0 Å². The molecule has 0 fully saturated rings. The fourth-order valence-electron chi connectivity index (χ4n) is 2.21. The van der Waals surface area contributed by atoms with Gasteiger partial charge >= 0.3 is 0 Å². The van der Waals surface area contributed by atoms with Gasteiger partial charge in [-0.3, -0.25) is 4.48 Å². The van der Waals surface area contributed by atoms with Crippen molar-refractivity contribution < 1.29 is 4.48 Å². The van der Waals surface area contributed by atoms with Gasteiger partial charge in [0.25, 0.3) is 0 Å². The molecule has 2 heteroatoms. The molecule has 1 nitrogen and oxygen atoms in total. The molecule has 0 saturated heterocycles. The molecule has 94 valence electrons. The summed E-state index contributed by atoms with van der Waals surface area (Å²) >= 11 is 3.48. The van der Waals surface area contributed by atoms with Gasteiger partial charge in [0.2, 0.25) is 0 Å². The summed E-state index contributed by atoms with van der Waals surface area (Å²) in [4.78, 5) is 0. The van der Waals surface area contributed by atoms with Gasteiger partial charge in [-0.15, -0.1) is 0 Å². The molecule has 1 aliphatic heterocycles. The lowest BCUT2D eigenvalue weighted by Gasteiger charge is -2.27. The maximum absolute atomic E-state index is 3.48. The number of likely N-dealkylation sites (N-methyl/N-ethyl adjacent to an activating group) is 1. The summed E-state index contributed by atoms with van der Waals surface area (Å²) in [5, 5.41) is 0. The number of hydrogen-bond acceptors (Lipinski definition) is 0. The van der Waals surface area contributed by atoms with Crippen LogP contribution in [0.1, 0.15) is 12.5 Å². The highest BCUT2D eigenvalue weighted by Gasteiger charge is 2.17. The maximum Gasteiger partial charge on any atom is 0.104 e. The lowest BCUT2D eigenvalue weighted by atomic mass is 9.96. The Morgan fingerprint density at radius 1 is 1.22 bits per heavy atom. The number of nitrogens with zero attached hydrogens (tertiary/aromatic N) is 1. The summed E-state index contributed by atoms with van der Waals surface area (Å²) in [6.45, 7) is 3.15. The van der Waals surface area contributed by atoms with Crippen molar-refractivity contribution in [3.8, 4) is 0 Å². The van der Waals surface area contributed by atoms with Crippen molar-refractivity contribution in [1.29, 1.82) is 0 Å². The second kappa shape index (κ2) is 5.25. The molecule has 1 heterocycles. The van der Waals surface area contributed by atoms with E-state index in [9.17, 15) is 0 Å². The van der Waals surface area contributed by atoms with E-state index in [-0.39, 0.29) is 0 Å². The maximum atomic E-state index is 3.48. The molecule has 0 spiro atoms. The number of hydrogen-bond donors (Lipinski definition) is 0. The molecule has 0 aliphatic carbocycles. The van der Waals surface area contributed by atoms with Crippen LogP contribution in [-0.4, -0.2) is 25.1 Å². The minimum absolute atomic E-state index is 0.902. The van der Waals surface area contributed by atoms with Crippen LogP contribution in [0, 0.1) is 0 Å². The molecule has 1 aliphatic rings. The minimum atomic E-state index is 0.902. The Hall–Kier alpha value is -1.12. The van der Waals surface area contributed by atoms with Gasteiger partial charge in [-0.1, -0.05) is 34.1 Å². The minimum Gasteiger partial charge on any atom is -0.298 e. The predicted octanol–water partition coefficient (Wildman–Crippen LogP) is 4.38. The highest BCUT2D eigenvalue weighted by molar-refractivity contribution is 9.10. The zero-order valence-corrected chi connectivity index (χ0v) is 12.7. The monoisotopic (exact) mass is 304 g/mol. The highest BCUT2D eigenvalue weighted by atomic mass is 79.9. The molecular formula is C16H19BrN+. The summed E-state index contributed by atoms with van der Waals surface area (Å²) in [6.07, 6.45) is 8.97. The fourth-order valence-corrected chi connectivity index (χ4v) is 2.48. The van der Waals surface area contributed by atoms with Crippen LogP contribution in [0.5, 0.6) is 0 Å². The first-order valence-corrected chi connectivity index (χ1v) is 6.96. The Balaban J connectivity index is 2.39. The number of quaternary nitrogens is 1. The smallest absolute Gasteiger partial charge is 0.104 e. The van der Waals surface area contributed by atoms with Gasteiger partial charge in [-0.05, 0) is 42.3 Å². The van der Waals surface area contributed by atoms with Gasteiger partial charge in [0, 0.05) is 10.0 Å². The van der Waals surface area contributed by atoms with Gasteiger partial charge < -0.3 is 0 Å². The summed E-state index contributed by atoms with van der Waals surface area (Å²) < 4.78 is 2.02. The van der Waals surface area contributed by atoms with Crippen molar-refractivity contribution in [3.05, 3.63) is 64.3 Å². The van der Waals surface area contributed by atoms with Crippen molar-refractivity contribution in [1.82, 2.24) is 0 Å². The third kappa shape index (κ3) is 3.01. The first-order valence-electron chi connectivity index (χ1n) is 6.16. The van der Waals surface area contributed by atoms with Crippen molar-refractivity contribution >= 4 is 21.5 Å². The SMILES string of the molecule is CC=C(C1=C[N+](C)(C)CC=C1)c1ccc(Br)cc1. The largest absolute Gasteiger partial charge is 0.298 e. The second-order valence-electron chi connectivity index (χ2n) is 5.16. The van der Waals surface area contributed by atoms with Gasteiger partial charge in [0.15, 0.2) is 0 Å². The van der Waals surface area contributed by atoms with Crippen LogP contribution in [0.4, 0.5) is 0 Å². The summed E-state index contributed by atoms with van der Waals surface area (Å²) in [7, 11) is 4.44. The summed E-state index contributed by atoms with van der Waals surface area (Å²) in [6, 6.07) is 8.49. The van der Waals surface area contributed by atoms with E-state index in [1.807, 2.05) is 0 Å². The average molecular weight is 305 g/mol. The molecule has 0 unspecified atom stereocenters. The zero-order chi connectivity index (χ0) is 13.2. The van der Waals surface area contributed by atoms with Crippen LogP contribution < -0.4 is 0 Å². The van der Waals surface area contributed by atoms with Crippen LogP contribution >= 0.6 is 15.9 Å². The van der Waals surface area contributed by atoms with Crippen molar-refractivity contribution in [2.75, 3.05) is 20.6 Å². The van der Waals surface area contributed by atoms with Crippen molar-refractivity contribution in [2.45, 2.75) is 6.92 Å². The molecule has 0 atom stereocenters. The van der Waals surface area contributed by atoms with E-state index in [1.165, 1.54) is 16.7 Å². The Morgan fingerprint density at radius 2 is 1.89 bits per heavy atom. The van der Waals surface area contributed by atoms with E-state index in [4.69, 9.17) is 0 Å². The molecule has 1 aromatic rings. The number of benzene rings is 1. The lowest BCUT2D eigenvalue weighted by molar-refractivity contribution is -0.833.